The van der Waals surface area contributed by atoms with Crippen LogP contribution in [0.15, 0.2) is 30.3 Å². The van der Waals surface area contributed by atoms with Crippen LogP contribution in [0.3, 0.4) is 0 Å². The van der Waals surface area contributed by atoms with Crippen LogP contribution >= 0.6 is 0 Å². The van der Waals surface area contributed by atoms with Crippen LogP contribution in [0.5, 0.6) is 0 Å². The van der Waals surface area contributed by atoms with Crippen LogP contribution < -0.4 is 0 Å². The van der Waals surface area contributed by atoms with E-state index in [2.05, 4.69) is 29.2 Å². The van der Waals surface area contributed by atoms with Crippen molar-refractivity contribution in [2.75, 3.05) is 53.1 Å². The summed E-state index contributed by atoms with van der Waals surface area (Å²) in [6, 6.07) is 10.5. The van der Waals surface area contributed by atoms with Gasteiger partial charge in [0.15, 0.2) is 0 Å². The van der Waals surface area contributed by atoms with Crippen LogP contribution in [-0.4, -0.2) is 68.8 Å². The van der Waals surface area contributed by atoms with E-state index in [0.717, 1.165) is 32.8 Å². The predicted octanol–water partition coefficient (Wildman–Crippen LogP) is 1.38. The van der Waals surface area contributed by atoms with E-state index in [1.165, 1.54) is 5.56 Å². The number of amides is 1. The van der Waals surface area contributed by atoms with Gasteiger partial charge < -0.3 is 14.4 Å². The lowest BCUT2D eigenvalue weighted by Crippen LogP contribution is -2.40. The van der Waals surface area contributed by atoms with Crippen molar-refractivity contribution in [3.05, 3.63) is 35.9 Å². The first-order valence-corrected chi connectivity index (χ1v) is 8.32. The number of carbonyl (C=O) groups is 1. The smallest absolute Gasteiger partial charge is 0.223 e. The van der Waals surface area contributed by atoms with E-state index < -0.39 is 0 Å². The van der Waals surface area contributed by atoms with Gasteiger partial charge in [-0.25, -0.2) is 0 Å². The highest BCUT2D eigenvalue weighted by Crippen LogP contribution is 2.34. The topological polar surface area (TPSA) is 42.0 Å². The Hall–Kier alpha value is -1.43. The number of likely N-dealkylation sites (tertiary alicyclic amines) is 1. The third-order valence-corrected chi connectivity index (χ3v) is 4.74. The van der Waals surface area contributed by atoms with Crippen molar-refractivity contribution in [1.82, 2.24) is 9.80 Å². The van der Waals surface area contributed by atoms with Crippen molar-refractivity contribution in [2.45, 2.75) is 13.0 Å². The maximum Gasteiger partial charge on any atom is 0.223 e. The fraction of sp³-hybridized carbons (Fsp3) is 0.611. The zero-order chi connectivity index (χ0) is 16.1. The molecule has 0 saturated carbocycles. The van der Waals surface area contributed by atoms with Crippen molar-refractivity contribution in [3.8, 4) is 0 Å². The van der Waals surface area contributed by atoms with Crippen molar-refractivity contribution in [2.24, 2.45) is 5.41 Å². The molecule has 23 heavy (non-hydrogen) atoms. The largest absolute Gasteiger partial charge is 0.383 e. The van der Waals surface area contributed by atoms with E-state index in [9.17, 15) is 4.79 Å². The molecule has 2 fully saturated rings. The van der Waals surface area contributed by atoms with E-state index in [0.29, 0.717) is 26.2 Å². The number of nitrogens with zero attached hydrogens (tertiary/aromatic N) is 2. The van der Waals surface area contributed by atoms with Gasteiger partial charge in [-0.2, -0.15) is 0 Å². The van der Waals surface area contributed by atoms with Gasteiger partial charge in [0.25, 0.3) is 0 Å². The Morgan fingerprint density at radius 1 is 1.26 bits per heavy atom. The number of benzene rings is 1. The van der Waals surface area contributed by atoms with Crippen molar-refractivity contribution in [3.63, 3.8) is 0 Å². The van der Waals surface area contributed by atoms with Crippen molar-refractivity contribution in [1.29, 1.82) is 0 Å². The van der Waals surface area contributed by atoms with Gasteiger partial charge in [-0.1, -0.05) is 30.3 Å². The lowest BCUT2D eigenvalue weighted by Gasteiger charge is -2.31. The van der Waals surface area contributed by atoms with Gasteiger partial charge in [0.05, 0.1) is 19.8 Å². The normalized spacial score (nSPS) is 26.0. The maximum absolute atomic E-state index is 12.3. The molecule has 5 nitrogen and oxygen atoms in total. The fourth-order valence-electron chi connectivity index (χ4n) is 3.65. The summed E-state index contributed by atoms with van der Waals surface area (Å²) in [6.07, 6.45) is 0.585. The monoisotopic (exact) mass is 318 g/mol. The first kappa shape index (κ1) is 16.4. The predicted molar refractivity (Wildman–Crippen MR) is 88.0 cm³/mol. The molecule has 3 rings (SSSR count). The summed E-state index contributed by atoms with van der Waals surface area (Å²) in [6.45, 7) is 6.21. The molecule has 2 aliphatic heterocycles. The van der Waals surface area contributed by atoms with E-state index in [-0.39, 0.29) is 11.3 Å². The molecule has 0 N–H and O–H groups in total. The number of carbonyl (C=O) groups excluding carboxylic acids is 1. The molecule has 126 valence electrons. The van der Waals surface area contributed by atoms with E-state index >= 15 is 0 Å². The van der Waals surface area contributed by atoms with Crippen LogP contribution in [-0.2, 0) is 20.8 Å². The van der Waals surface area contributed by atoms with Crippen molar-refractivity contribution >= 4 is 5.91 Å². The summed E-state index contributed by atoms with van der Waals surface area (Å²) in [4.78, 5) is 16.7. The minimum Gasteiger partial charge on any atom is -0.383 e. The zero-order valence-corrected chi connectivity index (χ0v) is 13.9. The molecule has 1 atom stereocenters. The van der Waals surface area contributed by atoms with Crippen LogP contribution in [0.2, 0.25) is 0 Å². The van der Waals surface area contributed by atoms with Gasteiger partial charge in [-0.05, 0) is 5.56 Å². The van der Waals surface area contributed by atoms with Crippen LogP contribution in [0.4, 0.5) is 0 Å². The Balaban J connectivity index is 1.66. The number of rotatable bonds is 5. The number of hydrogen-bond acceptors (Lipinski definition) is 4. The summed E-state index contributed by atoms with van der Waals surface area (Å²) in [7, 11) is 1.67. The molecule has 1 aromatic rings. The molecule has 0 unspecified atom stereocenters. The molecule has 1 spiro atoms. The number of methoxy groups -OCH3 is 1. The SMILES string of the molecule is COCCN1C[C@]2(COCCN(Cc3ccccc3)C2)CC1=O. The lowest BCUT2D eigenvalue weighted by molar-refractivity contribution is -0.128. The molecule has 1 aromatic carbocycles. The zero-order valence-electron chi connectivity index (χ0n) is 13.9. The summed E-state index contributed by atoms with van der Waals surface area (Å²) < 4.78 is 11.0. The summed E-state index contributed by atoms with van der Waals surface area (Å²) >= 11 is 0. The van der Waals surface area contributed by atoms with Crippen LogP contribution in [0.1, 0.15) is 12.0 Å². The molecular weight excluding hydrogens is 292 g/mol. The van der Waals surface area contributed by atoms with Gasteiger partial charge in [-0.15, -0.1) is 0 Å². The second-order valence-corrected chi connectivity index (χ2v) is 6.73. The molecule has 2 aliphatic rings. The Bertz CT molecular complexity index is 522. The molecule has 5 heteroatoms. The molecule has 0 radical (unpaired) electrons. The first-order chi connectivity index (χ1) is 11.2. The van der Waals surface area contributed by atoms with E-state index in [1.54, 1.807) is 7.11 Å². The summed E-state index contributed by atoms with van der Waals surface area (Å²) in [5.41, 5.74) is 1.24. The quantitative estimate of drug-likeness (QED) is 0.823. The Morgan fingerprint density at radius 2 is 2.09 bits per heavy atom. The Labute approximate surface area is 138 Å². The molecule has 0 aliphatic carbocycles. The van der Waals surface area contributed by atoms with Crippen LogP contribution in [0, 0.1) is 5.41 Å². The third kappa shape index (κ3) is 4.10. The lowest BCUT2D eigenvalue weighted by atomic mass is 9.87. The Morgan fingerprint density at radius 3 is 2.87 bits per heavy atom. The highest BCUT2D eigenvalue weighted by molar-refractivity contribution is 5.79. The molecule has 2 saturated heterocycles. The Kier molecular flexibility index (Phi) is 5.30. The number of hydrogen-bond donors (Lipinski definition) is 0. The van der Waals surface area contributed by atoms with E-state index in [4.69, 9.17) is 9.47 Å². The van der Waals surface area contributed by atoms with Crippen molar-refractivity contribution < 1.29 is 14.3 Å². The third-order valence-electron chi connectivity index (χ3n) is 4.74. The molecule has 0 aromatic heterocycles. The van der Waals surface area contributed by atoms with Crippen LogP contribution in [0.25, 0.3) is 0 Å². The summed E-state index contributed by atoms with van der Waals surface area (Å²) in [5, 5.41) is 0. The van der Waals surface area contributed by atoms with Gasteiger partial charge in [0, 0.05) is 51.7 Å². The minimum atomic E-state index is -0.0733. The fourth-order valence-corrected chi connectivity index (χ4v) is 3.65. The molecular formula is C18H26N2O3. The minimum absolute atomic E-state index is 0.0733. The van der Waals surface area contributed by atoms with Gasteiger partial charge in [0.1, 0.15) is 0 Å². The highest BCUT2D eigenvalue weighted by atomic mass is 16.5. The van der Waals surface area contributed by atoms with E-state index in [1.807, 2.05) is 11.0 Å². The average Bonchev–Trinajstić information content (AvgIpc) is 2.72. The summed E-state index contributed by atoms with van der Waals surface area (Å²) in [5.74, 6) is 0.229. The second kappa shape index (κ2) is 7.43. The van der Waals surface area contributed by atoms with Gasteiger partial charge in [-0.3, -0.25) is 9.69 Å². The number of ether oxygens (including phenoxy) is 2. The molecule has 1 amide bonds. The average molecular weight is 318 g/mol. The first-order valence-electron chi connectivity index (χ1n) is 8.32. The highest BCUT2D eigenvalue weighted by Gasteiger charge is 2.45. The van der Waals surface area contributed by atoms with Gasteiger partial charge >= 0.3 is 0 Å². The molecule has 2 heterocycles. The second-order valence-electron chi connectivity index (χ2n) is 6.73. The van der Waals surface area contributed by atoms with Gasteiger partial charge in [0.2, 0.25) is 5.91 Å². The molecule has 0 bridgehead atoms. The maximum atomic E-state index is 12.3. The standard InChI is InChI=1S/C18H26N2O3/c1-22-9-8-20-14-18(11-17(20)21)13-19(7-10-23-15-18)12-16-5-3-2-4-6-16/h2-6H,7-15H2,1H3/t18-/m0/s1.